The second-order valence-corrected chi connectivity index (χ2v) is 6.53. The lowest BCUT2D eigenvalue weighted by Crippen LogP contribution is -2.16. The van der Waals surface area contributed by atoms with E-state index in [1.807, 2.05) is 31.2 Å². The van der Waals surface area contributed by atoms with Crippen molar-refractivity contribution in [2.45, 2.75) is 30.9 Å². The molecule has 0 bridgehead atoms. The van der Waals surface area contributed by atoms with Crippen LogP contribution in [0.3, 0.4) is 0 Å². The Bertz CT molecular complexity index is 619. The van der Waals surface area contributed by atoms with Crippen LogP contribution in [0.15, 0.2) is 35.2 Å². The lowest BCUT2D eigenvalue weighted by atomic mass is 10.3. The van der Waals surface area contributed by atoms with Gasteiger partial charge in [-0.3, -0.25) is 9.48 Å². The molecule has 20 heavy (non-hydrogen) atoms. The molecule has 106 valence electrons. The number of aromatic nitrogens is 2. The fourth-order valence-corrected chi connectivity index (χ4v) is 2.85. The summed E-state index contributed by atoms with van der Waals surface area (Å²) < 4.78 is 1.60. The Labute approximate surface area is 123 Å². The van der Waals surface area contributed by atoms with Gasteiger partial charge in [-0.25, -0.2) is 0 Å². The number of carbonyl (C=O) groups is 1. The van der Waals surface area contributed by atoms with Crippen LogP contribution >= 0.6 is 11.8 Å². The second-order valence-electron chi connectivity index (χ2n) is 4.91. The molecule has 1 N–H and O–H groups in total. The van der Waals surface area contributed by atoms with Crippen molar-refractivity contribution < 1.29 is 4.79 Å². The predicted octanol–water partition coefficient (Wildman–Crippen LogP) is 3.48. The number of thioether (sulfide) groups is 1. The Kier molecular flexibility index (Phi) is 4.49. The zero-order valence-electron chi connectivity index (χ0n) is 12.2. The van der Waals surface area contributed by atoms with Gasteiger partial charge in [-0.05, 0) is 25.1 Å². The summed E-state index contributed by atoms with van der Waals surface area (Å²) in [6.07, 6.45) is 0. The maximum atomic E-state index is 12.3. The van der Waals surface area contributed by atoms with Gasteiger partial charge in [-0.1, -0.05) is 26.0 Å². The minimum absolute atomic E-state index is 0.134. The van der Waals surface area contributed by atoms with Gasteiger partial charge >= 0.3 is 0 Å². The van der Waals surface area contributed by atoms with Crippen molar-refractivity contribution in [1.29, 1.82) is 0 Å². The summed E-state index contributed by atoms with van der Waals surface area (Å²) in [5, 5.41) is 7.63. The van der Waals surface area contributed by atoms with Gasteiger partial charge in [-0.15, -0.1) is 11.8 Å². The highest BCUT2D eigenvalue weighted by Crippen LogP contribution is 2.30. The summed E-state index contributed by atoms with van der Waals surface area (Å²) >= 11 is 1.73. The van der Waals surface area contributed by atoms with E-state index in [2.05, 4.69) is 24.3 Å². The van der Waals surface area contributed by atoms with Gasteiger partial charge in [0.15, 0.2) is 0 Å². The van der Waals surface area contributed by atoms with Gasteiger partial charge in [0.25, 0.3) is 5.91 Å². The van der Waals surface area contributed by atoms with Crippen LogP contribution in [0.5, 0.6) is 0 Å². The van der Waals surface area contributed by atoms with Crippen molar-refractivity contribution in [2.24, 2.45) is 7.05 Å². The Morgan fingerprint density at radius 1 is 1.35 bits per heavy atom. The van der Waals surface area contributed by atoms with Gasteiger partial charge in [0.2, 0.25) is 0 Å². The molecule has 0 atom stereocenters. The van der Waals surface area contributed by atoms with E-state index < -0.39 is 0 Å². The van der Waals surface area contributed by atoms with E-state index in [0.29, 0.717) is 10.9 Å². The molecule has 0 unspecified atom stereocenters. The molecule has 0 fully saturated rings. The zero-order chi connectivity index (χ0) is 14.7. The third-order valence-electron chi connectivity index (χ3n) is 2.73. The minimum atomic E-state index is -0.134. The molecule has 5 heteroatoms. The fourth-order valence-electron chi connectivity index (χ4n) is 1.94. The van der Waals surface area contributed by atoms with E-state index in [4.69, 9.17) is 0 Å². The van der Waals surface area contributed by atoms with Crippen LogP contribution in [0.1, 0.15) is 30.0 Å². The SMILES string of the molecule is Cc1cc(C(=O)Nc2ccccc2SC(C)C)n(C)n1. The number of nitrogens with one attached hydrogen (secondary N) is 1. The second kappa shape index (κ2) is 6.13. The van der Waals surface area contributed by atoms with Gasteiger partial charge in [0, 0.05) is 17.2 Å². The summed E-state index contributed by atoms with van der Waals surface area (Å²) in [7, 11) is 1.77. The van der Waals surface area contributed by atoms with E-state index in [0.717, 1.165) is 16.3 Å². The number of benzene rings is 1. The monoisotopic (exact) mass is 289 g/mol. The quantitative estimate of drug-likeness (QED) is 0.877. The number of aryl methyl sites for hydroxylation is 2. The van der Waals surface area contributed by atoms with Crippen LogP contribution in [-0.4, -0.2) is 20.9 Å². The van der Waals surface area contributed by atoms with Gasteiger partial charge in [0.1, 0.15) is 5.69 Å². The first-order valence-corrected chi connectivity index (χ1v) is 7.43. The van der Waals surface area contributed by atoms with E-state index in [1.165, 1.54) is 0 Å². The molecule has 1 amide bonds. The normalized spacial score (nSPS) is 10.8. The Morgan fingerprint density at radius 3 is 2.65 bits per heavy atom. The van der Waals surface area contributed by atoms with Crippen molar-refractivity contribution in [1.82, 2.24) is 9.78 Å². The van der Waals surface area contributed by atoms with E-state index >= 15 is 0 Å². The van der Waals surface area contributed by atoms with Gasteiger partial charge < -0.3 is 5.32 Å². The molecule has 1 aromatic carbocycles. The molecule has 0 aliphatic rings. The number of carbonyl (C=O) groups excluding carboxylic acids is 1. The molecule has 2 aromatic rings. The predicted molar refractivity (Wildman–Crippen MR) is 83.3 cm³/mol. The average molecular weight is 289 g/mol. The fraction of sp³-hybridized carbons (Fsp3) is 0.333. The molecule has 0 aliphatic carbocycles. The molecular formula is C15H19N3OS. The van der Waals surface area contributed by atoms with Crippen LogP contribution in [-0.2, 0) is 7.05 Å². The molecule has 0 saturated heterocycles. The first-order chi connectivity index (χ1) is 9.47. The van der Waals surface area contributed by atoms with Crippen LogP contribution in [0.2, 0.25) is 0 Å². The van der Waals surface area contributed by atoms with Gasteiger partial charge in [0.05, 0.1) is 11.4 Å². The molecule has 4 nitrogen and oxygen atoms in total. The molecule has 1 aromatic heterocycles. The smallest absolute Gasteiger partial charge is 0.273 e. The summed E-state index contributed by atoms with van der Waals surface area (Å²) in [6.45, 7) is 6.14. The van der Waals surface area contributed by atoms with Crippen LogP contribution in [0.25, 0.3) is 0 Å². The van der Waals surface area contributed by atoms with Crippen molar-refractivity contribution >= 4 is 23.4 Å². The highest BCUT2D eigenvalue weighted by atomic mass is 32.2. The Balaban J connectivity index is 2.22. The van der Waals surface area contributed by atoms with Crippen molar-refractivity contribution in [3.63, 3.8) is 0 Å². The maximum Gasteiger partial charge on any atom is 0.273 e. The van der Waals surface area contributed by atoms with Crippen LogP contribution in [0.4, 0.5) is 5.69 Å². The molecule has 0 spiro atoms. The average Bonchev–Trinajstić information content (AvgIpc) is 2.70. The molecule has 2 rings (SSSR count). The number of anilines is 1. The first kappa shape index (κ1) is 14.7. The van der Waals surface area contributed by atoms with Crippen LogP contribution in [0, 0.1) is 6.92 Å². The van der Waals surface area contributed by atoms with Gasteiger partial charge in [-0.2, -0.15) is 5.10 Å². The van der Waals surface area contributed by atoms with Crippen molar-refractivity contribution in [3.8, 4) is 0 Å². The van der Waals surface area contributed by atoms with E-state index in [9.17, 15) is 4.79 Å². The van der Waals surface area contributed by atoms with E-state index in [1.54, 1.807) is 29.6 Å². The van der Waals surface area contributed by atoms with E-state index in [-0.39, 0.29) is 5.91 Å². The molecule has 0 radical (unpaired) electrons. The third-order valence-corrected chi connectivity index (χ3v) is 3.81. The number of hydrogen-bond donors (Lipinski definition) is 1. The molecule has 0 aliphatic heterocycles. The minimum Gasteiger partial charge on any atom is -0.320 e. The largest absolute Gasteiger partial charge is 0.320 e. The standard InChI is InChI=1S/C15H19N3OS/c1-10(2)20-14-8-6-5-7-12(14)16-15(19)13-9-11(3)17-18(13)4/h5-10H,1-4H3,(H,16,19). The number of para-hydroxylation sites is 1. The topological polar surface area (TPSA) is 46.9 Å². The summed E-state index contributed by atoms with van der Waals surface area (Å²) in [5.41, 5.74) is 2.24. The number of rotatable bonds is 4. The third kappa shape index (κ3) is 3.42. The highest BCUT2D eigenvalue weighted by molar-refractivity contribution is 8.00. The van der Waals surface area contributed by atoms with Crippen molar-refractivity contribution in [2.75, 3.05) is 5.32 Å². The maximum absolute atomic E-state index is 12.3. The summed E-state index contributed by atoms with van der Waals surface area (Å²) in [4.78, 5) is 13.4. The molecule has 1 heterocycles. The first-order valence-electron chi connectivity index (χ1n) is 6.55. The molecule has 0 saturated carbocycles. The van der Waals surface area contributed by atoms with Crippen LogP contribution < -0.4 is 5.32 Å². The number of nitrogens with zero attached hydrogens (tertiary/aromatic N) is 2. The summed E-state index contributed by atoms with van der Waals surface area (Å²) in [5.74, 6) is -0.134. The number of hydrogen-bond acceptors (Lipinski definition) is 3. The summed E-state index contributed by atoms with van der Waals surface area (Å²) in [6, 6.07) is 9.64. The zero-order valence-corrected chi connectivity index (χ0v) is 13.0. The highest BCUT2D eigenvalue weighted by Gasteiger charge is 2.14. The lowest BCUT2D eigenvalue weighted by molar-refractivity contribution is 0.101. The van der Waals surface area contributed by atoms with Crippen molar-refractivity contribution in [3.05, 3.63) is 41.7 Å². The molecular weight excluding hydrogens is 270 g/mol. The lowest BCUT2D eigenvalue weighted by Gasteiger charge is -2.12. The Hall–Kier alpha value is -1.75. The Morgan fingerprint density at radius 2 is 2.05 bits per heavy atom. The number of amides is 1.